The van der Waals surface area contributed by atoms with Crippen molar-refractivity contribution in [3.05, 3.63) is 35.4 Å². The van der Waals surface area contributed by atoms with Crippen LogP contribution >= 0.6 is 0 Å². The summed E-state index contributed by atoms with van der Waals surface area (Å²) in [4.78, 5) is 11.9. The average Bonchev–Trinajstić information content (AvgIpc) is 2.70. The van der Waals surface area contributed by atoms with Gasteiger partial charge in [0.2, 0.25) is 0 Å². The summed E-state index contributed by atoms with van der Waals surface area (Å²) in [7, 11) is 0. The normalized spacial score (nSPS) is 22.0. The highest BCUT2D eigenvalue weighted by atomic mass is 16.7. The summed E-state index contributed by atoms with van der Waals surface area (Å²) < 4.78 is 10.6. The smallest absolute Gasteiger partial charge is 0.434 e. The van der Waals surface area contributed by atoms with E-state index < -0.39 is 11.8 Å². The summed E-state index contributed by atoms with van der Waals surface area (Å²) >= 11 is 0. The lowest BCUT2D eigenvalue weighted by molar-refractivity contribution is -0.0538. The van der Waals surface area contributed by atoms with Crippen LogP contribution in [0.5, 0.6) is 0 Å². The van der Waals surface area contributed by atoms with Gasteiger partial charge in [-0.1, -0.05) is 76.6 Å². The topological polar surface area (TPSA) is 55.8 Å². The van der Waals surface area contributed by atoms with E-state index in [9.17, 15) is 9.90 Å². The Labute approximate surface area is 170 Å². The minimum Gasteiger partial charge on any atom is -0.434 e. The van der Waals surface area contributed by atoms with E-state index in [1.807, 2.05) is 12.1 Å². The molecule has 0 aliphatic heterocycles. The Bertz CT molecular complexity index is 558. The maximum Gasteiger partial charge on any atom is 0.508 e. The number of rotatable bonds is 11. The highest BCUT2D eigenvalue weighted by Gasteiger charge is 2.36. The van der Waals surface area contributed by atoms with Gasteiger partial charge in [-0.25, -0.2) is 4.79 Å². The largest absolute Gasteiger partial charge is 0.508 e. The Kier molecular flexibility index (Phi) is 9.83. The van der Waals surface area contributed by atoms with Crippen molar-refractivity contribution in [2.45, 2.75) is 103 Å². The van der Waals surface area contributed by atoms with Crippen molar-refractivity contribution >= 4 is 6.16 Å². The van der Waals surface area contributed by atoms with Crippen molar-refractivity contribution in [3.63, 3.8) is 0 Å². The lowest BCUT2D eigenvalue weighted by Crippen LogP contribution is -2.35. The highest BCUT2D eigenvalue weighted by Crippen LogP contribution is 2.38. The van der Waals surface area contributed by atoms with Crippen molar-refractivity contribution in [2.24, 2.45) is 0 Å². The molecular weight excluding hydrogens is 352 g/mol. The molecule has 158 valence electrons. The summed E-state index contributed by atoms with van der Waals surface area (Å²) in [6.45, 7) is 4.81. The molecule has 1 fully saturated rings. The maximum absolute atomic E-state index is 11.9. The first-order valence-electron chi connectivity index (χ1n) is 11.2. The van der Waals surface area contributed by atoms with E-state index in [-0.39, 0.29) is 6.10 Å². The minimum atomic E-state index is -0.813. The summed E-state index contributed by atoms with van der Waals surface area (Å²) in [6, 6.07) is 8.31. The van der Waals surface area contributed by atoms with Gasteiger partial charge in [0.15, 0.2) is 0 Å². The third kappa shape index (κ3) is 7.46. The Morgan fingerprint density at radius 3 is 2.29 bits per heavy atom. The number of unbranched alkanes of at least 4 members (excludes halogenated alkanes) is 5. The van der Waals surface area contributed by atoms with Crippen LogP contribution in [0.2, 0.25) is 0 Å². The second kappa shape index (κ2) is 12.1. The summed E-state index contributed by atoms with van der Waals surface area (Å²) in [5.41, 5.74) is 1.46. The Morgan fingerprint density at radius 2 is 1.64 bits per heavy atom. The highest BCUT2D eigenvalue weighted by molar-refractivity contribution is 5.60. The fourth-order valence-corrected chi connectivity index (χ4v) is 3.95. The molecule has 1 aliphatic carbocycles. The molecule has 4 nitrogen and oxygen atoms in total. The number of hydrogen-bond acceptors (Lipinski definition) is 4. The summed E-state index contributed by atoms with van der Waals surface area (Å²) in [5, 5.41) is 11.0. The van der Waals surface area contributed by atoms with Crippen molar-refractivity contribution in [1.82, 2.24) is 0 Å². The van der Waals surface area contributed by atoms with E-state index in [1.54, 1.807) is 0 Å². The van der Waals surface area contributed by atoms with Crippen LogP contribution in [-0.2, 0) is 21.5 Å². The predicted molar refractivity (Wildman–Crippen MR) is 112 cm³/mol. The molecule has 0 atom stereocenters. The van der Waals surface area contributed by atoms with E-state index in [2.05, 4.69) is 26.0 Å². The van der Waals surface area contributed by atoms with Gasteiger partial charge in [-0.15, -0.1) is 0 Å². The molecule has 1 aromatic carbocycles. The van der Waals surface area contributed by atoms with Crippen LogP contribution in [-0.4, -0.2) is 24.0 Å². The third-order valence-corrected chi connectivity index (χ3v) is 5.77. The zero-order valence-electron chi connectivity index (χ0n) is 17.8. The Hall–Kier alpha value is -1.55. The van der Waals surface area contributed by atoms with Crippen LogP contribution in [0, 0.1) is 0 Å². The molecule has 2 rings (SSSR count). The quantitative estimate of drug-likeness (QED) is 0.357. The van der Waals surface area contributed by atoms with Crippen LogP contribution in [0.3, 0.4) is 0 Å². The molecule has 0 unspecified atom stereocenters. The first-order valence-corrected chi connectivity index (χ1v) is 11.2. The average molecular weight is 391 g/mol. The lowest BCUT2D eigenvalue weighted by Gasteiger charge is -2.36. The van der Waals surface area contributed by atoms with Gasteiger partial charge in [0.25, 0.3) is 0 Å². The molecule has 1 aliphatic rings. The molecule has 0 saturated heterocycles. The van der Waals surface area contributed by atoms with E-state index in [4.69, 9.17) is 9.47 Å². The maximum atomic E-state index is 11.9. The SMILES string of the molecule is CCCCCCCCOC(=O)OC1CCC(O)(c2ccc(CCC)cc2)CC1. The fourth-order valence-electron chi connectivity index (χ4n) is 3.95. The molecule has 1 saturated carbocycles. The Balaban J connectivity index is 1.66. The molecule has 0 radical (unpaired) electrons. The van der Waals surface area contributed by atoms with Crippen LogP contribution < -0.4 is 0 Å². The molecule has 4 heteroatoms. The van der Waals surface area contributed by atoms with E-state index in [0.29, 0.717) is 32.3 Å². The molecule has 0 amide bonds. The number of aryl methyl sites for hydroxylation is 1. The van der Waals surface area contributed by atoms with E-state index >= 15 is 0 Å². The van der Waals surface area contributed by atoms with Crippen molar-refractivity contribution in [3.8, 4) is 0 Å². The predicted octanol–water partition coefficient (Wildman–Crippen LogP) is 6.28. The van der Waals surface area contributed by atoms with Crippen LogP contribution in [0.1, 0.15) is 95.6 Å². The van der Waals surface area contributed by atoms with Gasteiger partial charge < -0.3 is 14.6 Å². The molecule has 0 spiro atoms. The van der Waals surface area contributed by atoms with E-state index in [0.717, 1.165) is 31.2 Å². The second-order valence-electron chi connectivity index (χ2n) is 8.16. The summed E-state index contributed by atoms with van der Waals surface area (Å²) in [5.74, 6) is 0. The first-order chi connectivity index (χ1) is 13.6. The lowest BCUT2D eigenvalue weighted by atomic mass is 9.78. The number of carbonyl (C=O) groups excluding carboxylic acids is 1. The van der Waals surface area contributed by atoms with Gasteiger partial charge in [-0.05, 0) is 49.7 Å². The van der Waals surface area contributed by atoms with Crippen molar-refractivity contribution < 1.29 is 19.4 Å². The minimum absolute atomic E-state index is 0.156. The molecule has 1 N–H and O–H groups in total. The van der Waals surface area contributed by atoms with Crippen molar-refractivity contribution in [2.75, 3.05) is 6.61 Å². The monoisotopic (exact) mass is 390 g/mol. The standard InChI is InChI=1S/C24H38O4/c1-3-5-6-7-8-9-19-27-23(25)28-22-15-17-24(26,18-16-22)21-13-11-20(10-4-2)12-14-21/h11-14,22,26H,3-10,15-19H2,1-2H3. The number of ether oxygens (including phenoxy) is 2. The van der Waals surface area contributed by atoms with Gasteiger partial charge in [0.1, 0.15) is 6.10 Å². The van der Waals surface area contributed by atoms with Gasteiger partial charge in [-0.2, -0.15) is 0 Å². The molecule has 0 bridgehead atoms. The second-order valence-corrected chi connectivity index (χ2v) is 8.16. The molecule has 28 heavy (non-hydrogen) atoms. The number of hydrogen-bond donors (Lipinski definition) is 1. The van der Waals surface area contributed by atoms with Gasteiger partial charge in [-0.3, -0.25) is 0 Å². The number of aliphatic hydroxyl groups is 1. The number of benzene rings is 1. The fraction of sp³-hybridized carbons (Fsp3) is 0.708. The van der Waals surface area contributed by atoms with Gasteiger partial charge in [0.05, 0.1) is 12.2 Å². The summed E-state index contributed by atoms with van der Waals surface area (Å²) in [6.07, 6.45) is 11.0. The molecule has 0 aromatic heterocycles. The zero-order valence-corrected chi connectivity index (χ0v) is 17.8. The van der Waals surface area contributed by atoms with E-state index in [1.165, 1.54) is 31.2 Å². The van der Waals surface area contributed by atoms with Crippen LogP contribution in [0.15, 0.2) is 24.3 Å². The van der Waals surface area contributed by atoms with Gasteiger partial charge in [0, 0.05) is 0 Å². The Morgan fingerprint density at radius 1 is 1.00 bits per heavy atom. The zero-order chi connectivity index (χ0) is 20.2. The first kappa shape index (κ1) is 22.7. The molecular formula is C24H38O4. The molecule has 1 aromatic rings. The van der Waals surface area contributed by atoms with Crippen LogP contribution in [0.25, 0.3) is 0 Å². The van der Waals surface area contributed by atoms with Crippen LogP contribution in [0.4, 0.5) is 4.79 Å². The molecule has 0 heterocycles. The third-order valence-electron chi connectivity index (χ3n) is 5.77. The van der Waals surface area contributed by atoms with Gasteiger partial charge >= 0.3 is 6.16 Å². The number of carbonyl (C=O) groups is 1. The van der Waals surface area contributed by atoms with Crippen molar-refractivity contribution in [1.29, 1.82) is 0 Å².